The summed E-state index contributed by atoms with van der Waals surface area (Å²) in [5.41, 5.74) is 2.04. The molecule has 0 unspecified atom stereocenters. The van der Waals surface area contributed by atoms with Crippen molar-refractivity contribution in [1.29, 1.82) is 0 Å². The number of benzene rings is 1. The van der Waals surface area contributed by atoms with Gasteiger partial charge in [-0.1, -0.05) is 23.9 Å². The molecule has 2 aliphatic rings. The summed E-state index contributed by atoms with van der Waals surface area (Å²) >= 11 is 3.02. The van der Waals surface area contributed by atoms with Crippen molar-refractivity contribution in [2.45, 2.75) is 37.4 Å². The molecule has 0 bridgehead atoms. The van der Waals surface area contributed by atoms with Crippen molar-refractivity contribution < 1.29 is 14.3 Å². The van der Waals surface area contributed by atoms with Gasteiger partial charge >= 0.3 is 0 Å². The van der Waals surface area contributed by atoms with Gasteiger partial charge in [0, 0.05) is 24.3 Å². The van der Waals surface area contributed by atoms with E-state index >= 15 is 0 Å². The number of aryl methyl sites for hydroxylation is 2. The van der Waals surface area contributed by atoms with Crippen LogP contribution < -0.4 is 5.56 Å². The van der Waals surface area contributed by atoms with Crippen LogP contribution in [0.1, 0.15) is 44.0 Å². The molecule has 0 fully saturated rings. The summed E-state index contributed by atoms with van der Waals surface area (Å²) in [6, 6.07) is 6.88. The highest BCUT2D eigenvalue weighted by molar-refractivity contribution is 7.99. The van der Waals surface area contributed by atoms with Gasteiger partial charge in [-0.2, -0.15) is 0 Å². The highest BCUT2D eigenvalue weighted by atomic mass is 32.2. The molecule has 2 aromatic heterocycles. The van der Waals surface area contributed by atoms with Crippen molar-refractivity contribution in [2.24, 2.45) is 0 Å². The number of thioether (sulfide) groups is 1. The molecule has 0 atom stereocenters. The van der Waals surface area contributed by atoms with Crippen molar-refractivity contribution >= 4 is 45.1 Å². The lowest BCUT2D eigenvalue weighted by atomic mass is 9.97. The molecule has 166 valence electrons. The molecule has 1 aliphatic carbocycles. The van der Waals surface area contributed by atoms with Crippen molar-refractivity contribution in [3.8, 4) is 0 Å². The SMILES string of the molecule is COCCn1c(SCCN2C(=O)c3ccccc3C2=O)nc2sc3c(c2c1=O)CCCC3. The quantitative estimate of drug-likeness (QED) is 0.300. The van der Waals surface area contributed by atoms with E-state index in [0.29, 0.717) is 35.2 Å². The number of carbonyl (C=O) groups excluding carboxylic acids is 2. The predicted octanol–water partition coefficient (Wildman–Crippen LogP) is 3.37. The zero-order valence-electron chi connectivity index (χ0n) is 17.8. The molecular formula is C23H23N3O4S2. The Morgan fingerprint density at radius 1 is 1.06 bits per heavy atom. The molecule has 9 heteroatoms. The third kappa shape index (κ3) is 3.58. The van der Waals surface area contributed by atoms with Gasteiger partial charge in [0.15, 0.2) is 5.16 Å². The van der Waals surface area contributed by atoms with Crippen LogP contribution in [0.5, 0.6) is 0 Å². The molecule has 0 saturated carbocycles. The summed E-state index contributed by atoms with van der Waals surface area (Å²) in [5.74, 6) is -0.0729. The highest BCUT2D eigenvalue weighted by Gasteiger charge is 2.34. The maximum atomic E-state index is 13.4. The number of fused-ring (bicyclic) bond motifs is 4. The fraction of sp³-hybridized carbons (Fsp3) is 0.391. The molecule has 1 aliphatic heterocycles. The number of thiophene rings is 1. The van der Waals surface area contributed by atoms with E-state index in [-0.39, 0.29) is 23.9 Å². The Bertz CT molecular complexity index is 1250. The minimum atomic E-state index is -0.266. The lowest BCUT2D eigenvalue weighted by Gasteiger charge is -2.15. The van der Waals surface area contributed by atoms with Crippen LogP contribution in [0.2, 0.25) is 0 Å². The molecule has 32 heavy (non-hydrogen) atoms. The van der Waals surface area contributed by atoms with E-state index < -0.39 is 0 Å². The molecule has 0 saturated heterocycles. The third-order valence-electron chi connectivity index (χ3n) is 5.98. The molecule has 0 N–H and O–H groups in total. The van der Waals surface area contributed by atoms with E-state index in [1.807, 2.05) is 0 Å². The second-order valence-electron chi connectivity index (χ2n) is 7.89. The monoisotopic (exact) mass is 469 g/mol. The average Bonchev–Trinajstić information content (AvgIpc) is 3.29. The third-order valence-corrected chi connectivity index (χ3v) is 8.13. The van der Waals surface area contributed by atoms with E-state index in [4.69, 9.17) is 9.72 Å². The van der Waals surface area contributed by atoms with Crippen LogP contribution in [0.15, 0.2) is 34.2 Å². The van der Waals surface area contributed by atoms with Gasteiger partial charge in [-0.3, -0.25) is 23.9 Å². The van der Waals surface area contributed by atoms with Gasteiger partial charge in [0.25, 0.3) is 17.4 Å². The number of ether oxygens (including phenoxy) is 1. The highest BCUT2D eigenvalue weighted by Crippen LogP contribution is 2.34. The Kier molecular flexibility index (Phi) is 5.88. The molecule has 3 heterocycles. The smallest absolute Gasteiger partial charge is 0.263 e. The van der Waals surface area contributed by atoms with Crippen LogP contribution >= 0.6 is 23.1 Å². The molecule has 0 radical (unpaired) electrons. The molecule has 5 rings (SSSR count). The van der Waals surface area contributed by atoms with Crippen LogP contribution in [-0.4, -0.2) is 52.3 Å². The number of methoxy groups -OCH3 is 1. The fourth-order valence-corrected chi connectivity index (χ4v) is 6.63. The Morgan fingerprint density at radius 2 is 1.78 bits per heavy atom. The van der Waals surface area contributed by atoms with Crippen molar-refractivity contribution in [3.05, 3.63) is 56.2 Å². The standard InChI is InChI=1S/C23H23N3O4S2/c1-30-12-10-26-22(29)18-16-8-4-5-9-17(16)32-19(18)24-23(26)31-13-11-25-20(27)14-6-2-3-7-15(14)21(25)28/h2-3,6-7H,4-5,8-13H2,1H3. The van der Waals surface area contributed by atoms with Crippen molar-refractivity contribution in [2.75, 3.05) is 26.0 Å². The van der Waals surface area contributed by atoms with Crippen molar-refractivity contribution in [3.63, 3.8) is 0 Å². The Balaban J connectivity index is 1.41. The van der Waals surface area contributed by atoms with Gasteiger partial charge in [0.2, 0.25) is 0 Å². The van der Waals surface area contributed by atoms with E-state index in [2.05, 4.69) is 0 Å². The van der Waals surface area contributed by atoms with E-state index in [9.17, 15) is 14.4 Å². The number of nitrogens with zero attached hydrogens (tertiary/aromatic N) is 3. The number of imide groups is 1. The van der Waals surface area contributed by atoms with Gasteiger partial charge < -0.3 is 4.74 Å². The molecule has 1 aromatic carbocycles. The van der Waals surface area contributed by atoms with E-state index in [1.165, 1.54) is 27.1 Å². The molecule has 3 aromatic rings. The summed E-state index contributed by atoms with van der Waals surface area (Å²) < 4.78 is 6.90. The van der Waals surface area contributed by atoms with Gasteiger partial charge in [-0.15, -0.1) is 11.3 Å². The second-order valence-corrected chi connectivity index (χ2v) is 10.0. The van der Waals surface area contributed by atoms with E-state index in [0.717, 1.165) is 35.9 Å². The van der Waals surface area contributed by atoms with Crippen LogP contribution in [0.3, 0.4) is 0 Å². The van der Waals surface area contributed by atoms with Crippen LogP contribution in [0.25, 0.3) is 10.2 Å². The maximum absolute atomic E-state index is 13.4. The van der Waals surface area contributed by atoms with Gasteiger partial charge in [-0.05, 0) is 43.4 Å². The topological polar surface area (TPSA) is 81.5 Å². The molecule has 0 spiro atoms. The van der Waals surface area contributed by atoms with Crippen LogP contribution in [0, 0.1) is 0 Å². The minimum Gasteiger partial charge on any atom is -0.383 e. The van der Waals surface area contributed by atoms with Gasteiger partial charge in [0.05, 0.1) is 29.7 Å². The van der Waals surface area contributed by atoms with Crippen molar-refractivity contribution in [1.82, 2.24) is 14.5 Å². The summed E-state index contributed by atoms with van der Waals surface area (Å²) in [7, 11) is 1.61. The Hall–Kier alpha value is -2.49. The largest absolute Gasteiger partial charge is 0.383 e. The molecular weight excluding hydrogens is 446 g/mol. The molecule has 7 nitrogen and oxygen atoms in total. The lowest BCUT2D eigenvalue weighted by Crippen LogP contribution is -2.32. The molecule has 2 amide bonds. The number of hydrogen-bond acceptors (Lipinski definition) is 7. The van der Waals surface area contributed by atoms with Gasteiger partial charge in [0.1, 0.15) is 4.83 Å². The first-order chi connectivity index (χ1) is 15.6. The number of aromatic nitrogens is 2. The average molecular weight is 470 g/mol. The number of amides is 2. The first-order valence-electron chi connectivity index (χ1n) is 10.7. The summed E-state index contributed by atoms with van der Waals surface area (Å²) in [6.07, 6.45) is 4.20. The van der Waals surface area contributed by atoms with Crippen LogP contribution in [-0.2, 0) is 24.1 Å². The summed E-state index contributed by atoms with van der Waals surface area (Å²) in [5, 5.41) is 1.36. The van der Waals surface area contributed by atoms with Gasteiger partial charge in [-0.25, -0.2) is 4.98 Å². The number of rotatable bonds is 7. The first kappa shape index (κ1) is 21.4. The normalized spacial score (nSPS) is 15.5. The Labute approximate surface area is 193 Å². The zero-order valence-corrected chi connectivity index (χ0v) is 19.4. The Morgan fingerprint density at radius 3 is 2.50 bits per heavy atom. The maximum Gasteiger partial charge on any atom is 0.263 e. The first-order valence-corrected chi connectivity index (χ1v) is 12.5. The van der Waals surface area contributed by atoms with Crippen LogP contribution in [0.4, 0.5) is 0 Å². The predicted molar refractivity (Wildman–Crippen MR) is 125 cm³/mol. The number of hydrogen-bond donors (Lipinski definition) is 0. The number of carbonyl (C=O) groups is 2. The summed E-state index contributed by atoms with van der Waals surface area (Å²) in [4.78, 5) is 46.8. The van der Waals surface area contributed by atoms with E-state index in [1.54, 1.807) is 47.3 Å². The lowest BCUT2D eigenvalue weighted by molar-refractivity contribution is 0.0664. The second kappa shape index (κ2) is 8.80. The minimum absolute atomic E-state index is 0.0188. The fourth-order valence-electron chi connectivity index (χ4n) is 4.38. The zero-order chi connectivity index (χ0) is 22.2. The summed E-state index contributed by atoms with van der Waals surface area (Å²) in [6.45, 7) is 1.08.